The van der Waals surface area contributed by atoms with Crippen LogP contribution in [0.1, 0.15) is 65.2 Å². The van der Waals surface area contributed by atoms with E-state index in [9.17, 15) is 19.5 Å². The minimum absolute atomic E-state index is 0.0921. The minimum Gasteiger partial charge on any atom is -0.480 e. The number of aliphatic carboxylic acids is 1. The first-order valence-electron chi connectivity index (χ1n) is 9.21. The van der Waals surface area contributed by atoms with Crippen LogP contribution in [0.25, 0.3) is 0 Å². The zero-order chi connectivity index (χ0) is 17.7. The van der Waals surface area contributed by atoms with Crippen molar-refractivity contribution in [3.8, 4) is 0 Å². The lowest BCUT2D eigenvalue weighted by Crippen LogP contribution is -2.58. The Labute approximate surface area is 144 Å². The molecule has 2 N–H and O–H groups in total. The molecule has 2 amide bonds. The summed E-state index contributed by atoms with van der Waals surface area (Å²) in [5.74, 6) is -0.839. The molecule has 1 atom stereocenters. The molecule has 6 heteroatoms. The van der Waals surface area contributed by atoms with Gasteiger partial charge >= 0.3 is 5.97 Å². The van der Waals surface area contributed by atoms with E-state index >= 15 is 0 Å². The maximum Gasteiger partial charge on any atom is 0.329 e. The SMILES string of the molecule is CCCC(=O)N1CCCC(C(=O)NC2(C(=O)O)CCC(C)CC2)C1. The molecule has 6 nitrogen and oxygen atoms in total. The van der Waals surface area contributed by atoms with Crippen LogP contribution in [0.15, 0.2) is 0 Å². The van der Waals surface area contributed by atoms with Crippen molar-refractivity contribution in [1.29, 1.82) is 0 Å². The van der Waals surface area contributed by atoms with Crippen LogP contribution in [0.4, 0.5) is 0 Å². The molecule has 0 aromatic carbocycles. The van der Waals surface area contributed by atoms with Crippen LogP contribution >= 0.6 is 0 Å². The molecule has 1 aliphatic carbocycles. The van der Waals surface area contributed by atoms with Crippen LogP contribution < -0.4 is 5.32 Å². The highest BCUT2D eigenvalue weighted by Crippen LogP contribution is 2.33. The predicted octanol–water partition coefficient (Wildman–Crippen LogP) is 2.17. The molecule has 0 radical (unpaired) electrons. The molecule has 1 unspecified atom stereocenters. The van der Waals surface area contributed by atoms with Crippen LogP contribution in [-0.4, -0.2) is 46.4 Å². The van der Waals surface area contributed by atoms with Crippen LogP contribution in [-0.2, 0) is 14.4 Å². The van der Waals surface area contributed by atoms with Gasteiger partial charge in [-0.25, -0.2) is 4.79 Å². The third kappa shape index (κ3) is 4.28. The quantitative estimate of drug-likeness (QED) is 0.804. The number of rotatable bonds is 5. The second-order valence-electron chi connectivity index (χ2n) is 7.49. The van der Waals surface area contributed by atoms with E-state index in [1.54, 1.807) is 4.90 Å². The maximum atomic E-state index is 12.7. The van der Waals surface area contributed by atoms with E-state index in [1.165, 1.54) is 0 Å². The first kappa shape index (κ1) is 18.7. The molecule has 1 aliphatic heterocycles. The summed E-state index contributed by atoms with van der Waals surface area (Å²) in [4.78, 5) is 38.3. The third-order valence-electron chi connectivity index (χ3n) is 5.51. The molecule has 2 rings (SSSR count). The number of amides is 2. The Morgan fingerprint density at radius 3 is 2.46 bits per heavy atom. The van der Waals surface area contributed by atoms with E-state index in [2.05, 4.69) is 12.2 Å². The monoisotopic (exact) mass is 338 g/mol. The van der Waals surface area contributed by atoms with Gasteiger partial charge in [-0.05, 0) is 50.9 Å². The molecule has 1 saturated heterocycles. The molecular formula is C18H30N2O4. The standard InChI is InChI=1S/C18H30N2O4/c1-3-5-15(21)20-11-4-6-14(12-20)16(22)19-18(17(23)24)9-7-13(2)8-10-18/h13-14H,3-12H2,1-2H3,(H,19,22)(H,23,24). The first-order valence-corrected chi connectivity index (χ1v) is 9.21. The average Bonchev–Trinajstić information content (AvgIpc) is 2.57. The number of carbonyl (C=O) groups is 3. The van der Waals surface area contributed by atoms with E-state index in [1.807, 2.05) is 6.92 Å². The van der Waals surface area contributed by atoms with Crippen molar-refractivity contribution in [1.82, 2.24) is 10.2 Å². The lowest BCUT2D eigenvalue weighted by Gasteiger charge is -2.39. The number of carbonyl (C=O) groups excluding carboxylic acids is 2. The number of carboxylic acids is 1. The Balaban J connectivity index is 1.99. The highest BCUT2D eigenvalue weighted by atomic mass is 16.4. The summed E-state index contributed by atoms with van der Waals surface area (Å²) in [5, 5.41) is 12.5. The number of likely N-dealkylation sites (tertiary alicyclic amines) is 1. The van der Waals surface area contributed by atoms with E-state index in [-0.39, 0.29) is 17.7 Å². The largest absolute Gasteiger partial charge is 0.480 e. The van der Waals surface area contributed by atoms with Crippen molar-refractivity contribution in [2.45, 2.75) is 70.8 Å². The Bertz CT molecular complexity index is 483. The number of nitrogens with one attached hydrogen (secondary N) is 1. The smallest absolute Gasteiger partial charge is 0.329 e. The molecular weight excluding hydrogens is 308 g/mol. The van der Waals surface area contributed by atoms with Gasteiger partial charge in [-0.15, -0.1) is 0 Å². The summed E-state index contributed by atoms with van der Waals surface area (Å²) in [6, 6.07) is 0. The summed E-state index contributed by atoms with van der Waals surface area (Å²) in [6.07, 6.45) is 5.42. The third-order valence-corrected chi connectivity index (χ3v) is 5.51. The molecule has 0 aromatic rings. The van der Waals surface area contributed by atoms with Gasteiger partial charge in [0.25, 0.3) is 0 Å². The topological polar surface area (TPSA) is 86.7 Å². The summed E-state index contributed by atoms with van der Waals surface area (Å²) in [7, 11) is 0. The molecule has 0 spiro atoms. The molecule has 0 aromatic heterocycles. The maximum absolute atomic E-state index is 12.7. The van der Waals surface area contributed by atoms with Crippen LogP contribution in [0.3, 0.4) is 0 Å². The minimum atomic E-state index is -1.13. The average molecular weight is 338 g/mol. The van der Waals surface area contributed by atoms with Crippen LogP contribution in [0.5, 0.6) is 0 Å². The van der Waals surface area contributed by atoms with Crippen molar-refractivity contribution in [2.24, 2.45) is 11.8 Å². The van der Waals surface area contributed by atoms with Gasteiger partial charge in [-0.2, -0.15) is 0 Å². The summed E-state index contributed by atoms with van der Waals surface area (Å²) in [5.41, 5.74) is -1.13. The van der Waals surface area contributed by atoms with Crippen molar-refractivity contribution in [3.05, 3.63) is 0 Å². The van der Waals surface area contributed by atoms with Gasteiger partial charge in [-0.1, -0.05) is 13.8 Å². The van der Waals surface area contributed by atoms with Crippen LogP contribution in [0.2, 0.25) is 0 Å². The fraction of sp³-hybridized carbons (Fsp3) is 0.833. The van der Waals surface area contributed by atoms with Gasteiger partial charge < -0.3 is 15.3 Å². The molecule has 0 bridgehead atoms. The first-order chi connectivity index (χ1) is 11.4. The lowest BCUT2D eigenvalue weighted by atomic mass is 9.76. The summed E-state index contributed by atoms with van der Waals surface area (Å²) < 4.78 is 0. The van der Waals surface area contributed by atoms with E-state index in [0.717, 1.165) is 25.7 Å². The Kier molecular flexibility index (Phi) is 6.24. The number of piperidine rings is 1. The van der Waals surface area contributed by atoms with Crippen molar-refractivity contribution in [3.63, 3.8) is 0 Å². The van der Waals surface area contributed by atoms with Gasteiger partial charge in [0.1, 0.15) is 5.54 Å². The molecule has 2 fully saturated rings. The van der Waals surface area contributed by atoms with E-state index in [4.69, 9.17) is 0 Å². The van der Waals surface area contributed by atoms with Gasteiger partial charge in [0.05, 0.1) is 5.92 Å². The molecule has 2 aliphatic rings. The van der Waals surface area contributed by atoms with Crippen molar-refractivity contribution >= 4 is 17.8 Å². The van der Waals surface area contributed by atoms with Crippen molar-refractivity contribution < 1.29 is 19.5 Å². The second-order valence-corrected chi connectivity index (χ2v) is 7.49. The molecule has 1 heterocycles. The Hall–Kier alpha value is -1.59. The Morgan fingerprint density at radius 2 is 1.88 bits per heavy atom. The number of hydrogen-bond acceptors (Lipinski definition) is 3. The number of carboxylic acid groups (broad SMARTS) is 1. The number of hydrogen-bond donors (Lipinski definition) is 2. The molecule has 1 saturated carbocycles. The van der Waals surface area contributed by atoms with E-state index in [0.29, 0.717) is 44.7 Å². The normalized spacial score (nSPS) is 30.7. The van der Waals surface area contributed by atoms with Crippen molar-refractivity contribution in [2.75, 3.05) is 13.1 Å². The second kappa shape index (κ2) is 7.99. The Morgan fingerprint density at radius 1 is 1.21 bits per heavy atom. The van der Waals surface area contributed by atoms with Crippen LogP contribution in [0, 0.1) is 11.8 Å². The zero-order valence-electron chi connectivity index (χ0n) is 14.8. The highest BCUT2D eigenvalue weighted by molar-refractivity contribution is 5.88. The predicted molar refractivity (Wildman–Crippen MR) is 90.4 cm³/mol. The van der Waals surface area contributed by atoms with Gasteiger partial charge in [-0.3, -0.25) is 9.59 Å². The number of nitrogens with zero attached hydrogens (tertiary/aromatic N) is 1. The highest BCUT2D eigenvalue weighted by Gasteiger charge is 2.43. The van der Waals surface area contributed by atoms with Gasteiger partial charge in [0.15, 0.2) is 0 Å². The lowest BCUT2D eigenvalue weighted by molar-refractivity contribution is -0.151. The van der Waals surface area contributed by atoms with E-state index < -0.39 is 11.5 Å². The molecule has 24 heavy (non-hydrogen) atoms. The summed E-state index contributed by atoms with van der Waals surface area (Å²) in [6.45, 7) is 5.19. The summed E-state index contributed by atoms with van der Waals surface area (Å²) >= 11 is 0. The zero-order valence-corrected chi connectivity index (χ0v) is 14.8. The van der Waals surface area contributed by atoms with Gasteiger partial charge in [0, 0.05) is 19.5 Å². The molecule has 136 valence electrons. The van der Waals surface area contributed by atoms with Gasteiger partial charge in [0.2, 0.25) is 11.8 Å². The fourth-order valence-electron chi connectivity index (χ4n) is 3.77. The fourth-order valence-corrected chi connectivity index (χ4v) is 3.77.